The van der Waals surface area contributed by atoms with Crippen LogP contribution in [0.15, 0.2) is 42.5 Å². The van der Waals surface area contributed by atoms with Crippen molar-refractivity contribution in [3.8, 4) is 0 Å². The van der Waals surface area contributed by atoms with Crippen LogP contribution < -0.4 is 10.2 Å². The van der Waals surface area contributed by atoms with E-state index in [1.54, 1.807) is 12.1 Å². The number of hydrogen-bond donors (Lipinski definition) is 1. The number of nitro benzene ring substituents is 1. The zero-order valence-corrected chi connectivity index (χ0v) is 16.0. The second kappa shape index (κ2) is 9.32. The average molecular weight is 383 g/mol. The summed E-state index contributed by atoms with van der Waals surface area (Å²) >= 11 is 0. The van der Waals surface area contributed by atoms with Crippen molar-refractivity contribution < 1.29 is 14.5 Å². The van der Waals surface area contributed by atoms with E-state index in [4.69, 9.17) is 4.74 Å². The zero-order chi connectivity index (χ0) is 19.9. The van der Waals surface area contributed by atoms with Crippen LogP contribution in [-0.4, -0.2) is 37.1 Å². The third-order valence-corrected chi connectivity index (χ3v) is 4.82. The van der Waals surface area contributed by atoms with Crippen molar-refractivity contribution in [2.45, 2.75) is 26.2 Å². The van der Waals surface area contributed by atoms with Gasteiger partial charge in [0.2, 0.25) is 0 Å². The van der Waals surface area contributed by atoms with Crippen LogP contribution in [0, 0.1) is 10.1 Å². The molecule has 148 valence electrons. The van der Waals surface area contributed by atoms with E-state index in [0.717, 1.165) is 19.3 Å². The number of hydrogen-bond acceptors (Lipinski definition) is 5. The summed E-state index contributed by atoms with van der Waals surface area (Å²) in [6.07, 6.45) is 3.28. The summed E-state index contributed by atoms with van der Waals surface area (Å²) in [5.74, 6) is -0.363. The van der Waals surface area contributed by atoms with E-state index in [9.17, 15) is 14.9 Å². The van der Waals surface area contributed by atoms with Gasteiger partial charge >= 0.3 is 0 Å². The van der Waals surface area contributed by atoms with Gasteiger partial charge in [0.05, 0.1) is 18.1 Å². The molecular formula is C21H25N3O4. The lowest BCUT2D eigenvalue weighted by Gasteiger charge is -2.28. The summed E-state index contributed by atoms with van der Waals surface area (Å²) in [5.41, 5.74) is 2.61. The van der Waals surface area contributed by atoms with Gasteiger partial charge in [-0.05, 0) is 42.7 Å². The number of rotatable bonds is 7. The van der Waals surface area contributed by atoms with Crippen LogP contribution >= 0.6 is 0 Å². The predicted molar refractivity (Wildman–Crippen MR) is 109 cm³/mol. The van der Waals surface area contributed by atoms with Crippen LogP contribution in [0.5, 0.6) is 0 Å². The molecule has 1 fully saturated rings. The highest BCUT2D eigenvalue weighted by molar-refractivity contribution is 6.05. The molecule has 0 spiro atoms. The lowest BCUT2D eigenvalue weighted by atomic mass is 10.1. The topological polar surface area (TPSA) is 84.7 Å². The Hall–Kier alpha value is -2.93. The maximum atomic E-state index is 12.6. The summed E-state index contributed by atoms with van der Waals surface area (Å²) in [7, 11) is 0. The normalized spacial score (nSPS) is 14.0. The molecule has 1 aliphatic rings. The third-order valence-electron chi connectivity index (χ3n) is 4.82. The van der Waals surface area contributed by atoms with Gasteiger partial charge in [0.25, 0.3) is 11.6 Å². The number of nitrogens with one attached hydrogen (secondary N) is 1. The van der Waals surface area contributed by atoms with Crippen molar-refractivity contribution in [3.05, 3.63) is 63.7 Å². The SMILES string of the molecule is CCCCc1ccc(NC(=O)c2ccc(N3CCOCC3)c([N+](=O)[O-])c2)cc1. The fourth-order valence-electron chi connectivity index (χ4n) is 3.22. The molecule has 0 atom stereocenters. The lowest BCUT2D eigenvalue weighted by molar-refractivity contribution is -0.384. The minimum absolute atomic E-state index is 0.0653. The molecule has 1 heterocycles. The number of anilines is 2. The van der Waals surface area contributed by atoms with E-state index in [1.165, 1.54) is 11.6 Å². The number of benzene rings is 2. The molecule has 1 saturated heterocycles. The van der Waals surface area contributed by atoms with Gasteiger partial charge in [-0.15, -0.1) is 0 Å². The highest BCUT2D eigenvalue weighted by Gasteiger charge is 2.23. The maximum absolute atomic E-state index is 12.6. The van der Waals surface area contributed by atoms with Gasteiger partial charge in [0.1, 0.15) is 5.69 Å². The first kappa shape index (κ1) is 19.8. The third kappa shape index (κ3) is 4.86. The molecule has 2 aromatic rings. The quantitative estimate of drug-likeness (QED) is 0.576. The van der Waals surface area contributed by atoms with E-state index in [1.807, 2.05) is 29.2 Å². The van der Waals surface area contributed by atoms with Crippen molar-refractivity contribution in [1.29, 1.82) is 0 Å². The number of amides is 1. The lowest BCUT2D eigenvalue weighted by Crippen LogP contribution is -2.36. The first-order valence-electron chi connectivity index (χ1n) is 9.60. The minimum atomic E-state index is -0.440. The number of carbonyl (C=O) groups is 1. The minimum Gasteiger partial charge on any atom is -0.378 e. The fraction of sp³-hybridized carbons (Fsp3) is 0.381. The van der Waals surface area contributed by atoms with Gasteiger partial charge in [-0.1, -0.05) is 25.5 Å². The molecule has 1 N–H and O–H groups in total. The Kier molecular flexibility index (Phi) is 6.60. The van der Waals surface area contributed by atoms with Gasteiger partial charge < -0.3 is 15.0 Å². The second-order valence-corrected chi connectivity index (χ2v) is 6.81. The van der Waals surface area contributed by atoms with Crippen LogP contribution in [0.2, 0.25) is 0 Å². The molecule has 0 bridgehead atoms. The fourth-order valence-corrected chi connectivity index (χ4v) is 3.22. The Bertz CT molecular complexity index is 830. The van der Waals surface area contributed by atoms with Crippen molar-refractivity contribution in [2.24, 2.45) is 0 Å². The molecule has 0 saturated carbocycles. The molecule has 1 amide bonds. The van der Waals surface area contributed by atoms with E-state index < -0.39 is 4.92 Å². The number of carbonyl (C=O) groups excluding carboxylic acids is 1. The monoisotopic (exact) mass is 383 g/mol. The number of ether oxygens (including phenoxy) is 1. The first-order chi connectivity index (χ1) is 13.6. The van der Waals surface area contributed by atoms with E-state index in [0.29, 0.717) is 37.7 Å². The number of aryl methyl sites for hydroxylation is 1. The molecule has 0 aromatic heterocycles. The Balaban J connectivity index is 1.74. The van der Waals surface area contributed by atoms with E-state index in [-0.39, 0.29) is 17.2 Å². The van der Waals surface area contributed by atoms with Gasteiger partial charge in [-0.2, -0.15) is 0 Å². The van der Waals surface area contributed by atoms with Gasteiger partial charge in [-0.3, -0.25) is 14.9 Å². The van der Waals surface area contributed by atoms with Crippen molar-refractivity contribution in [2.75, 3.05) is 36.5 Å². The Morgan fingerprint density at radius 1 is 1.18 bits per heavy atom. The highest BCUT2D eigenvalue weighted by Crippen LogP contribution is 2.30. The molecule has 28 heavy (non-hydrogen) atoms. The van der Waals surface area contributed by atoms with Crippen LogP contribution in [0.1, 0.15) is 35.7 Å². The second-order valence-electron chi connectivity index (χ2n) is 6.81. The largest absolute Gasteiger partial charge is 0.378 e. The van der Waals surface area contributed by atoms with Crippen molar-refractivity contribution >= 4 is 23.0 Å². The molecule has 1 aliphatic heterocycles. The Labute approximate surface area is 164 Å². The Morgan fingerprint density at radius 3 is 2.54 bits per heavy atom. The summed E-state index contributed by atoms with van der Waals surface area (Å²) in [6, 6.07) is 12.3. The van der Waals surface area contributed by atoms with Crippen molar-refractivity contribution in [3.63, 3.8) is 0 Å². The van der Waals surface area contributed by atoms with Gasteiger partial charge in [0.15, 0.2) is 0 Å². The predicted octanol–water partition coefficient (Wildman–Crippen LogP) is 4.03. The number of unbranched alkanes of at least 4 members (excludes halogenated alkanes) is 1. The van der Waals surface area contributed by atoms with Crippen LogP contribution in [0.4, 0.5) is 17.1 Å². The van der Waals surface area contributed by atoms with Crippen LogP contribution in [0.3, 0.4) is 0 Å². The van der Waals surface area contributed by atoms with Crippen molar-refractivity contribution in [1.82, 2.24) is 0 Å². The summed E-state index contributed by atoms with van der Waals surface area (Å²) in [4.78, 5) is 25.6. The molecular weight excluding hydrogens is 358 g/mol. The van der Waals surface area contributed by atoms with Gasteiger partial charge in [-0.25, -0.2) is 0 Å². The molecule has 0 unspecified atom stereocenters. The molecule has 7 nitrogen and oxygen atoms in total. The molecule has 7 heteroatoms. The van der Waals surface area contributed by atoms with Crippen LogP contribution in [0.25, 0.3) is 0 Å². The first-order valence-corrected chi connectivity index (χ1v) is 9.60. The molecule has 2 aromatic carbocycles. The smallest absolute Gasteiger partial charge is 0.293 e. The zero-order valence-electron chi connectivity index (χ0n) is 16.0. The Morgan fingerprint density at radius 2 is 1.89 bits per heavy atom. The van der Waals surface area contributed by atoms with E-state index >= 15 is 0 Å². The van der Waals surface area contributed by atoms with E-state index in [2.05, 4.69) is 12.2 Å². The molecule has 0 aliphatic carbocycles. The van der Waals surface area contributed by atoms with Gasteiger partial charge in [0, 0.05) is 30.4 Å². The summed E-state index contributed by atoms with van der Waals surface area (Å²) in [5, 5.41) is 14.3. The number of nitrogens with zero attached hydrogens (tertiary/aromatic N) is 2. The number of nitro groups is 1. The highest BCUT2D eigenvalue weighted by atomic mass is 16.6. The maximum Gasteiger partial charge on any atom is 0.293 e. The average Bonchev–Trinajstić information content (AvgIpc) is 2.73. The number of morpholine rings is 1. The molecule has 3 rings (SSSR count). The summed E-state index contributed by atoms with van der Waals surface area (Å²) in [6.45, 7) is 4.41. The standard InChI is InChI=1S/C21H25N3O4/c1-2-3-4-16-5-8-18(9-6-16)22-21(25)17-7-10-19(20(15-17)24(26)27)23-11-13-28-14-12-23/h5-10,15H,2-4,11-14H2,1H3,(H,22,25). The molecule has 0 radical (unpaired) electrons. The summed E-state index contributed by atoms with van der Waals surface area (Å²) < 4.78 is 5.30. The van der Waals surface area contributed by atoms with Crippen LogP contribution in [-0.2, 0) is 11.2 Å².